The second-order valence-corrected chi connectivity index (χ2v) is 4.34. The number of fused-ring (bicyclic) bond motifs is 1. The van der Waals surface area contributed by atoms with Crippen molar-refractivity contribution in [2.45, 2.75) is 18.9 Å². The Bertz CT molecular complexity index is 623. The first kappa shape index (κ1) is 10.4. The summed E-state index contributed by atoms with van der Waals surface area (Å²) in [6.45, 7) is 0. The van der Waals surface area contributed by atoms with E-state index in [1.807, 2.05) is 5.32 Å². The van der Waals surface area contributed by atoms with Crippen LogP contribution in [0, 0.1) is 0 Å². The van der Waals surface area contributed by atoms with E-state index in [9.17, 15) is 19.2 Å². The number of nitrogens with one attached hydrogen (secondary N) is 1. The molecule has 1 saturated heterocycles. The van der Waals surface area contributed by atoms with Crippen molar-refractivity contribution >= 4 is 23.6 Å². The van der Waals surface area contributed by atoms with Crippen molar-refractivity contribution in [3.05, 3.63) is 35.4 Å². The van der Waals surface area contributed by atoms with Gasteiger partial charge in [0.2, 0.25) is 11.8 Å². The molecular formula is C13H10N2O4. The SMILES string of the molecule is [2H]C1CC(N2C(=O)c3ccccc3C2=O)C(=O)NC1=O. The fraction of sp³-hybridized carbons (Fsp3) is 0.231. The Labute approximate surface area is 109 Å². The molecule has 2 aliphatic rings. The summed E-state index contributed by atoms with van der Waals surface area (Å²) in [5.41, 5.74) is 0.479. The molecule has 0 spiro atoms. The highest BCUT2D eigenvalue weighted by Gasteiger charge is 2.44. The normalized spacial score (nSPS) is 27.2. The number of benzene rings is 1. The molecule has 2 unspecified atom stereocenters. The lowest BCUT2D eigenvalue weighted by Crippen LogP contribution is -2.54. The highest BCUT2D eigenvalue weighted by molar-refractivity contribution is 6.23. The minimum atomic E-state index is -1.16. The highest BCUT2D eigenvalue weighted by atomic mass is 16.2. The van der Waals surface area contributed by atoms with E-state index in [-0.39, 0.29) is 17.5 Å². The second-order valence-electron chi connectivity index (χ2n) is 4.34. The molecule has 6 nitrogen and oxygen atoms in total. The summed E-state index contributed by atoms with van der Waals surface area (Å²) in [5, 5.41) is 2.01. The third-order valence-electron chi connectivity index (χ3n) is 3.21. The maximum absolute atomic E-state index is 12.2. The molecule has 1 N–H and O–H groups in total. The predicted octanol–water partition coefficient (Wildman–Crippen LogP) is 0.0878. The van der Waals surface area contributed by atoms with Crippen LogP contribution in [0.15, 0.2) is 24.3 Å². The van der Waals surface area contributed by atoms with Crippen LogP contribution in [0.2, 0.25) is 0 Å². The summed E-state index contributed by atoms with van der Waals surface area (Å²) >= 11 is 0. The summed E-state index contributed by atoms with van der Waals surface area (Å²) in [7, 11) is 0. The molecule has 4 amide bonds. The summed E-state index contributed by atoms with van der Waals surface area (Å²) in [6, 6.07) is 5.18. The minimum Gasteiger partial charge on any atom is -0.295 e. The molecule has 19 heavy (non-hydrogen) atoms. The molecular weight excluding hydrogens is 248 g/mol. The van der Waals surface area contributed by atoms with Gasteiger partial charge in [-0.3, -0.25) is 29.4 Å². The Hall–Kier alpha value is -2.50. The monoisotopic (exact) mass is 259 g/mol. The van der Waals surface area contributed by atoms with E-state index >= 15 is 0 Å². The van der Waals surface area contributed by atoms with Crippen molar-refractivity contribution in [2.24, 2.45) is 0 Å². The first-order valence-corrected chi connectivity index (χ1v) is 5.74. The predicted molar refractivity (Wildman–Crippen MR) is 63.1 cm³/mol. The minimum absolute atomic E-state index is 0.171. The second kappa shape index (κ2) is 4.01. The summed E-state index contributed by atoms with van der Waals surface area (Å²) < 4.78 is 7.54. The lowest BCUT2D eigenvalue weighted by atomic mass is 10.0. The number of nitrogens with zero attached hydrogens (tertiary/aromatic N) is 1. The Kier molecular flexibility index (Phi) is 2.20. The largest absolute Gasteiger partial charge is 0.295 e. The van der Waals surface area contributed by atoms with Gasteiger partial charge in [0, 0.05) is 7.77 Å². The van der Waals surface area contributed by atoms with E-state index in [0.717, 1.165) is 4.90 Å². The Morgan fingerprint density at radius 2 is 1.68 bits per heavy atom. The van der Waals surface area contributed by atoms with Gasteiger partial charge in [-0.2, -0.15) is 0 Å². The van der Waals surface area contributed by atoms with E-state index in [0.29, 0.717) is 0 Å². The highest BCUT2D eigenvalue weighted by Crippen LogP contribution is 2.26. The molecule has 2 atom stereocenters. The van der Waals surface area contributed by atoms with Gasteiger partial charge in [0.05, 0.1) is 11.1 Å². The molecule has 3 rings (SSSR count). The van der Waals surface area contributed by atoms with E-state index < -0.39 is 36.1 Å². The molecule has 1 aromatic rings. The molecule has 2 aliphatic heterocycles. The van der Waals surface area contributed by atoms with Crippen LogP contribution in [-0.4, -0.2) is 34.6 Å². The van der Waals surface area contributed by atoms with Gasteiger partial charge in [-0.15, -0.1) is 0 Å². The fourth-order valence-electron chi connectivity index (χ4n) is 2.30. The molecule has 1 fully saturated rings. The molecule has 0 radical (unpaired) electrons. The van der Waals surface area contributed by atoms with Gasteiger partial charge in [-0.05, 0) is 18.6 Å². The van der Waals surface area contributed by atoms with Crippen molar-refractivity contribution in [1.29, 1.82) is 0 Å². The van der Waals surface area contributed by atoms with Crippen LogP contribution in [0.25, 0.3) is 0 Å². The third kappa shape index (κ3) is 1.64. The van der Waals surface area contributed by atoms with Gasteiger partial charge in [0.15, 0.2) is 0 Å². The van der Waals surface area contributed by atoms with E-state index in [1.165, 1.54) is 12.1 Å². The smallest absolute Gasteiger partial charge is 0.262 e. The van der Waals surface area contributed by atoms with Crippen LogP contribution < -0.4 is 5.32 Å². The standard InChI is InChI=1S/C13H10N2O4/c16-10-6-5-9(11(17)14-10)15-12(18)7-3-1-2-4-8(7)13(15)19/h1-4,9H,5-6H2,(H,14,16,17)/i6D. The molecule has 6 heteroatoms. The van der Waals surface area contributed by atoms with Crippen molar-refractivity contribution < 1.29 is 20.5 Å². The number of rotatable bonds is 1. The van der Waals surface area contributed by atoms with Gasteiger partial charge in [-0.1, -0.05) is 12.1 Å². The van der Waals surface area contributed by atoms with Crippen molar-refractivity contribution in [1.82, 2.24) is 10.2 Å². The molecule has 2 heterocycles. The zero-order chi connectivity index (χ0) is 14.4. The van der Waals surface area contributed by atoms with Gasteiger partial charge in [-0.25, -0.2) is 0 Å². The van der Waals surface area contributed by atoms with Crippen LogP contribution in [-0.2, 0) is 9.59 Å². The Morgan fingerprint density at radius 1 is 1.11 bits per heavy atom. The number of hydrogen-bond acceptors (Lipinski definition) is 4. The zero-order valence-electron chi connectivity index (χ0n) is 10.8. The summed E-state index contributed by atoms with van der Waals surface area (Å²) in [6.07, 6.45) is -1.34. The zero-order valence-corrected chi connectivity index (χ0v) is 9.75. The van der Waals surface area contributed by atoms with Crippen molar-refractivity contribution in [3.8, 4) is 0 Å². The van der Waals surface area contributed by atoms with Crippen LogP contribution in [0.5, 0.6) is 0 Å². The number of carbonyl (C=O) groups is 4. The first-order valence-electron chi connectivity index (χ1n) is 6.32. The van der Waals surface area contributed by atoms with Crippen LogP contribution in [0.1, 0.15) is 34.9 Å². The van der Waals surface area contributed by atoms with Crippen LogP contribution in [0.4, 0.5) is 0 Å². The average molecular weight is 259 g/mol. The van der Waals surface area contributed by atoms with E-state index in [1.54, 1.807) is 12.1 Å². The van der Waals surface area contributed by atoms with Gasteiger partial charge < -0.3 is 0 Å². The summed E-state index contributed by atoms with van der Waals surface area (Å²) in [5.74, 6) is -2.55. The fourth-order valence-corrected chi connectivity index (χ4v) is 2.30. The van der Waals surface area contributed by atoms with Gasteiger partial charge in [0.1, 0.15) is 6.04 Å². The maximum atomic E-state index is 12.2. The third-order valence-corrected chi connectivity index (χ3v) is 3.21. The molecule has 96 valence electrons. The number of piperidine rings is 1. The number of carbonyl (C=O) groups excluding carboxylic acids is 4. The topological polar surface area (TPSA) is 83.6 Å². The molecule has 0 aliphatic carbocycles. The quantitative estimate of drug-likeness (QED) is 0.724. The number of imide groups is 2. The van der Waals surface area contributed by atoms with Crippen LogP contribution in [0.3, 0.4) is 0 Å². The molecule has 0 bridgehead atoms. The Morgan fingerprint density at radius 3 is 2.26 bits per heavy atom. The van der Waals surface area contributed by atoms with Gasteiger partial charge in [0.25, 0.3) is 11.8 Å². The lowest BCUT2D eigenvalue weighted by Gasteiger charge is -2.27. The lowest BCUT2D eigenvalue weighted by molar-refractivity contribution is -0.136. The van der Waals surface area contributed by atoms with E-state index in [4.69, 9.17) is 1.37 Å². The number of hydrogen-bond donors (Lipinski definition) is 1. The van der Waals surface area contributed by atoms with Crippen molar-refractivity contribution in [3.63, 3.8) is 0 Å². The summed E-state index contributed by atoms with van der Waals surface area (Å²) in [4.78, 5) is 48.3. The maximum Gasteiger partial charge on any atom is 0.262 e. The van der Waals surface area contributed by atoms with E-state index in [2.05, 4.69) is 0 Å². The van der Waals surface area contributed by atoms with Crippen LogP contribution >= 0.6 is 0 Å². The first-order chi connectivity index (χ1) is 9.50. The van der Waals surface area contributed by atoms with Crippen molar-refractivity contribution in [2.75, 3.05) is 0 Å². The average Bonchev–Trinajstić information content (AvgIpc) is 2.68. The molecule has 1 aromatic carbocycles. The molecule has 0 saturated carbocycles. The molecule has 0 aromatic heterocycles. The Balaban J connectivity index is 1.97. The number of amides is 4. The van der Waals surface area contributed by atoms with Gasteiger partial charge >= 0.3 is 0 Å².